The first-order chi connectivity index (χ1) is 14.6. The zero-order valence-corrected chi connectivity index (χ0v) is 18.8. The van der Waals surface area contributed by atoms with E-state index in [9.17, 15) is 14.4 Å². The molecule has 170 valence electrons. The lowest BCUT2D eigenvalue weighted by Gasteiger charge is -2.35. The summed E-state index contributed by atoms with van der Waals surface area (Å²) in [7, 11) is 0. The molecular formula is C23H33N3O5. The Morgan fingerprint density at radius 3 is 2.61 bits per heavy atom. The van der Waals surface area contributed by atoms with E-state index in [1.807, 2.05) is 52.0 Å². The lowest BCUT2D eigenvalue weighted by atomic mass is 9.97. The van der Waals surface area contributed by atoms with Gasteiger partial charge < -0.3 is 19.7 Å². The summed E-state index contributed by atoms with van der Waals surface area (Å²) in [6, 6.07) is 7.27. The molecule has 2 aliphatic rings. The fraction of sp³-hybridized carbons (Fsp3) is 0.609. The fourth-order valence-electron chi connectivity index (χ4n) is 3.90. The third kappa shape index (κ3) is 6.35. The summed E-state index contributed by atoms with van der Waals surface area (Å²) in [4.78, 5) is 40.7. The Hall–Kier alpha value is -2.77. The highest BCUT2D eigenvalue weighted by Crippen LogP contribution is 2.22. The summed E-state index contributed by atoms with van der Waals surface area (Å²) >= 11 is 0. The number of benzene rings is 1. The van der Waals surface area contributed by atoms with E-state index >= 15 is 0 Å². The SMILES string of the molecule is Cc1ccc(CN2C(=O)OC[C@H]2C(=O)N2CCC[C@@H](CNC(=O)OC(C)(C)C)C2)cc1. The number of cyclic esters (lactones) is 1. The van der Waals surface area contributed by atoms with Crippen molar-refractivity contribution >= 4 is 18.1 Å². The minimum absolute atomic E-state index is 0.0703. The molecule has 2 saturated heterocycles. The summed E-state index contributed by atoms with van der Waals surface area (Å²) in [6.07, 6.45) is 0.868. The number of ether oxygens (including phenoxy) is 2. The van der Waals surface area contributed by atoms with Gasteiger partial charge in [-0.1, -0.05) is 29.8 Å². The van der Waals surface area contributed by atoms with Crippen LogP contribution in [-0.4, -0.2) is 65.8 Å². The van der Waals surface area contributed by atoms with Crippen molar-refractivity contribution in [1.29, 1.82) is 0 Å². The summed E-state index contributed by atoms with van der Waals surface area (Å²) in [5, 5.41) is 2.80. The van der Waals surface area contributed by atoms with Crippen LogP contribution in [0.15, 0.2) is 24.3 Å². The van der Waals surface area contributed by atoms with E-state index in [-0.39, 0.29) is 18.4 Å². The number of nitrogens with zero attached hydrogens (tertiary/aromatic N) is 2. The number of hydrogen-bond acceptors (Lipinski definition) is 5. The van der Waals surface area contributed by atoms with Crippen molar-refractivity contribution in [2.24, 2.45) is 5.92 Å². The minimum Gasteiger partial charge on any atom is -0.447 e. The molecule has 3 amide bonds. The number of carbonyl (C=O) groups is 3. The van der Waals surface area contributed by atoms with Crippen molar-refractivity contribution in [3.8, 4) is 0 Å². The van der Waals surface area contributed by atoms with E-state index in [2.05, 4.69) is 5.32 Å². The average molecular weight is 432 g/mol. The number of likely N-dealkylation sites (tertiary alicyclic amines) is 1. The highest BCUT2D eigenvalue weighted by atomic mass is 16.6. The fourth-order valence-corrected chi connectivity index (χ4v) is 3.90. The first-order valence-electron chi connectivity index (χ1n) is 10.9. The smallest absolute Gasteiger partial charge is 0.410 e. The molecule has 1 aromatic rings. The molecular weight excluding hydrogens is 398 g/mol. The minimum atomic E-state index is -0.619. The van der Waals surface area contributed by atoms with Crippen LogP contribution in [0.4, 0.5) is 9.59 Å². The normalized spacial score (nSPS) is 21.6. The maximum Gasteiger partial charge on any atom is 0.410 e. The van der Waals surface area contributed by atoms with Crippen LogP contribution in [0.1, 0.15) is 44.7 Å². The van der Waals surface area contributed by atoms with Gasteiger partial charge in [-0.05, 0) is 52.0 Å². The molecule has 1 N–H and O–H groups in total. The maximum absolute atomic E-state index is 13.2. The predicted molar refractivity (Wildman–Crippen MR) is 115 cm³/mol. The lowest BCUT2D eigenvalue weighted by Crippen LogP contribution is -2.51. The van der Waals surface area contributed by atoms with Gasteiger partial charge >= 0.3 is 12.2 Å². The first kappa shape index (κ1) is 22.9. The molecule has 8 heteroatoms. The van der Waals surface area contributed by atoms with Gasteiger partial charge in [-0.2, -0.15) is 0 Å². The molecule has 0 radical (unpaired) electrons. The number of carbonyl (C=O) groups excluding carboxylic acids is 3. The van der Waals surface area contributed by atoms with Gasteiger partial charge in [0.05, 0.1) is 6.54 Å². The van der Waals surface area contributed by atoms with Crippen LogP contribution < -0.4 is 5.32 Å². The molecule has 2 atom stereocenters. The van der Waals surface area contributed by atoms with Gasteiger partial charge in [-0.25, -0.2) is 9.59 Å². The highest BCUT2D eigenvalue weighted by molar-refractivity contribution is 5.88. The standard InChI is InChI=1S/C23H33N3O5/c1-16-7-9-17(10-8-16)14-26-19(15-30-22(26)29)20(27)25-11-5-6-18(13-25)12-24-21(28)31-23(2,3)4/h7-10,18-19H,5-6,11-15H2,1-4H3,(H,24,28)/t18-,19-/m0/s1. The summed E-state index contributed by atoms with van der Waals surface area (Å²) in [6.45, 7) is 9.51. The van der Waals surface area contributed by atoms with Crippen LogP contribution in [0.3, 0.4) is 0 Å². The second-order valence-electron chi connectivity index (χ2n) is 9.38. The molecule has 0 bridgehead atoms. The quantitative estimate of drug-likeness (QED) is 0.774. The van der Waals surface area contributed by atoms with Gasteiger partial charge in [0.1, 0.15) is 18.2 Å². The molecule has 0 aliphatic carbocycles. The number of nitrogens with one attached hydrogen (secondary N) is 1. The van der Waals surface area contributed by atoms with Gasteiger partial charge in [-0.3, -0.25) is 9.69 Å². The molecule has 1 aromatic carbocycles. The summed E-state index contributed by atoms with van der Waals surface area (Å²) in [5.74, 6) is 0.0497. The monoisotopic (exact) mass is 431 g/mol. The number of alkyl carbamates (subject to hydrolysis) is 1. The summed E-state index contributed by atoms with van der Waals surface area (Å²) in [5.41, 5.74) is 1.55. The van der Waals surface area contributed by atoms with Crippen LogP contribution in [0.25, 0.3) is 0 Å². The van der Waals surface area contributed by atoms with E-state index in [4.69, 9.17) is 9.47 Å². The molecule has 8 nitrogen and oxygen atoms in total. The van der Waals surface area contributed by atoms with Gasteiger partial charge in [0.2, 0.25) is 5.91 Å². The molecule has 0 saturated carbocycles. The van der Waals surface area contributed by atoms with E-state index in [1.54, 1.807) is 4.90 Å². The van der Waals surface area contributed by atoms with E-state index in [1.165, 1.54) is 4.90 Å². The number of hydrogen-bond donors (Lipinski definition) is 1. The molecule has 31 heavy (non-hydrogen) atoms. The van der Waals surface area contributed by atoms with Crippen molar-refractivity contribution in [1.82, 2.24) is 15.1 Å². The Kier molecular flexibility index (Phi) is 7.08. The number of piperidine rings is 1. The van der Waals surface area contributed by atoms with Crippen LogP contribution in [0.2, 0.25) is 0 Å². The van der Waals surface area contributed by atoms with Crippen LogP contribution in [0, 0.1) is 12.8 Å². The van der Waals surface area contributed by atoms with Gasteiger partial charge in [0.25, 0.3) is 0 Å². The van der Waals surface area contributed by atoms with Gasteiger partial charge in [-0.15, -0.1) is 0 Å². The Morgan fingerprint density at radius 1 is 1.23 bits per heavy atom. The van der Waals surface area contributed by atoms with Crippen LogP contribution in [0.5, 0.6) is 0 Å². The summed E-state index contributed by atoms with van der Waals surface area (Å²) < 4.78 is 10.5. The molecule has 2 fully saturated rings. The molecule has 2 heterocycles. The average Bonchev–Trinajstić information content (AvgIpc) is 3.07. The van der Waals surface area contributed by atoms with Crippen LogP contribution >= 0.6 is 0 Å². The van der Waals surface area contributed by atoms with Crippen molar-refractivity contribution in [3.63, 3.8) is 0 Å². The van der Waals surface area contributed by atoms with E-state index in [0.29, 0.717) is 26.2 Å². The highest BCUT2D eigenvalue weighted by Gasteiger charge is 2.41. The maximum atomic E-state index is 13.2. The zero-order valence-electron chi connectivity index (χ0n) is 18.8. The molecule has 3 rings (SSSR count). The van der Waals surface area contributed by atoms with Crippen molar-refractivity contribution in [2.45, 2.75) is 58.7 Å². The van der Waals surface area contributed by atoms with Crippen molar-refractivity contribution < 1.29 is 23.9 Å². The second kappa shape index (κ2) is 9.58. The molecule has 0 spiro atoms. The van der Waals surface area contributed by atoms with E-state index in [0.717, 1.165) is 24.0 Å². The predicted octanol–water partition coefficient (Wildman–Crippen LogP) is 3.08. The largest absolute Gasteiger partial charge is 0.447 e. The number of amides is 3. The topological polar surface area (TPSA) is 88.2 Å². The third-order valence-electron chi connectivity index (χ3n) is 5.50. The lowest BCUT2D eigenvalue weighted by molar-refractivity contribution is -0.137. The number of aryl methyl sites for hydroxylation is 1. The molecule has 2 aliphatic heterocycles. The molecule has 0 aromatic heterocycles. The van der Waals surface area contributed by atoms with Gasteiger partial charge in [0.15, 0.2) is 0 Å². The Morgan fingerprint density at radius 2 is 1.94 bits per heavy atom. The Labute approximate surface area is 183 Å². The first-order valence-corrected chi connectivity index (χ1v) is 10.9. The number of rotatable bonds is 5. The Balaban J connectivity index is 1.57. The van der Waals surface area contributed by atoms with Crippen molar-refractivity contribution in [2.75, 3.05) is 26.2 Å². The molecule has 0 unspecified atom stereocenters. The second-order valence-corrected chi connectivity index (χ2v) is 9.38. The van der Waals surface area contributed by atoms with E-state index < -0.39 is 23.8 Å². The zero-order chi connectivity index (χ0) is 22.6. The van der Waals surface area contributed by atoms with Crippen molar-refractivity contribution in [3.05, 3.63) is 35.4 Å². The van der Waals surface area contributed by atoms with Gasteiger partial charge in [0, 0.05) is 19.6 Å². The Bertz CT molecular complexity index is 802. The van der Waals surface area contributed by atoms with Crippen LogP contribution in [-0.2, 0) is 20.8 Å². The third-order valence-corrected chi connectivity index (χ3v) is 5.50.